The summed E-state index contributed by atoms with van der Waals surface area (Å²) in [5.74, 6) is 0.226. The summed E-state index contributed by atoms with van der Waals surface area (Å²) >= 11 is 0. The van der Waals surface area contributed by atoms with Crippen molar-refractivity contribution in [2.75, 3.05) is 11.9 Å². The summed E-state index contributed by atoms with van der Waals surface area (Å²) < 4.78 is 0. The second kappa shape index (κ2) is 5.60. The van der Waals surface area contributed by atoms with Gasteiger partial charge in [-0.1, -0.05) is 13.8 Å². The quantitative estimate of drug-likeness (QED) is 0.658. The van der Waals surface area contributed by atoms with E-state index in [9.17, 15) is 15.2 Å². The van der Waals surface area contributed by atoms with Gasteiger partial charge >= 0.3 is 5.69 Å². The van der Waals surface area contributed by atoms with Crippen LogP contribution in [0.15, 0.2) is 12.3 Å². The Morgan fingerprint density at radius 2 is 2.00 bits per heavy atom. The van der Waals surface area contributed by atoms with Crippen molar-refractivity contribution in [3.8, 4) is 0 Å². The number of hydrogen-bond acceptors (Lipinski definition) is 5. The molecule has 0 bridgehead atoms. The molecule has 6 nitrogen and oxygen atoms in total. The number of nitrogens with one attached hydrogen (secondary N) is 1. The molecule has 1 aliphatic carbocycles. The van der Waals surface area contributed by atoms with Crippen LogP contribution < -0.4 is 5.32 Å². The van der Waals surface area contributed by atoms with Gasteiger partial charge in [0, 0.05) is 18.8 Å². The third-order valence-corrected chi connectivity index (χ3v) is 4.32. The fourth-order valence-corrected chi connectivity index (χ4v) is 2.65. The number of anilines is 1. The highest BCUT2D eigenvalue weighted by Gasteiger charge is 2.36. The highest BCUT2D eigenvalue weighted by atomic mass is 16.6. The van der Waals surface area contributed by atoms with Crippen LogP contribution in [0.2, 0.25) is 0 Å². The SMILES string of the molecule is Cc1cnc(NCC2(O)CCC(C)(C)CC2)c([N+](=O)[O-])c1. The van der Waals surface area contributed by atoms with E-state index in [1.54, 1.807) is 13.1 Å². The minimum absolute atomic E-state index is 0.0465. The maximum atomic E-state index is 11.1. The Hall–Kier alpha value is -1.69. The molecule has 6 heteroatoms. The monoisotopic (exact) mass is 293 g/mol. The van der Waals surface area contributed by atoms with Crippen LogP contribution in [0.25, 0.3) is 0 Å². The van der Waals surface area contributed by atoms with Crippen LogP contribution in [0.1, 0.15) is 45.1 Å². The number of hydrogen-bond donors (Lipinski definition) is 2. The average molecular weight is 293 g/mol. The molecule has 0 saturated heterocycles. The predicted octanol–water partition coefficient (Wildman–Crippen LogP) is 3.04. The van der Waals surface area contributed by atoms with Crippen LogP contribution in [0.5, 0.6) is 0 Å². The molecule has 1 aromatic heterocycles. The lowest BCUT2D eigenvalue weighted by Gasteiger charge is -2.40. The molecule has 0 spiro atoms. The first-order valence-electron chi connectivity index (χ1n) is 7.28. The molecular weight excluding hydrogens is 270 g/mol. The van der Waals surface area contributed by atoms with E-state index in [1.165, 1.54) is 6.07 Å². The highest BCUT2D eigenvalue weighted by molar-refractivity contribution is 5.56. The van der Waals surface area contributed by atoms with E-state index in [-0.39, 0.29) is 16.9 Å². The molecule has 2 rings (SSSR count). The number of aromatic nitrogens is 1. The van der Waals surface area contributed by atoms with Crippen molar-refractivity contribution < 1.29 is 10.0 Å². The van der Waals surface area contributed by atoms with Gasteiger partial charge in [0.05, 0.1) is 10.5 Å². The van der Waals surface area contributed by atoms with Gasteiger partial charge in [0.1, 0.15) is 0 Å². The van der Waals surface area contributed by atoms with E-state index in [0.717, 1.165) is 18.4 Å². The summed E-state index contributed by atoms with van der Waals surface area (Å²) in [6.07, 6.45) is 4.89. The summed E-state index contributed by atoms with van der Waals surface area (Å²) in [6, 6.07) is 1.49. The van der Waals surface area contributed by atoms with Crippen molar-refractivity contribution in [2.24, 2.45) is 5.41 Å². The summed E-state index contributed by atoms with van der Waals surface area (Å²) in [5, 5.41) is 24.6. The fraction of sp³-hybridized carbons (Fsp3) is 0.667. The molecular formula is C15H23N3O3. The van der Waals surface area contributed by atoms with Crippen LogP contribution in [-0.4, -0.2) is 27.2 Å². The van der Waals surface area contributed by atoms with E-state index < -0.39 is 10.5 Å². The molecule has 1 aliphatic rings. The van der Waals surface area contributed by atoms with Crippen molar-refractivity contribution >= 4 is 11.5 Å². The van der Waals surface area contributed by atoms with Crippen molar-refractivity contribution in [1.82, 2.24) is 4.98 Å². The van der Waals surface area contributed by atoms with E-state index in [0.29, 0.717) is 19.4 Å². The molecule has 116 valence electrons. The van der Waals surface area contributed by atoms with E-state index >= 15 is 0 Å². The van der Waals surface area contributed by atoms with Gasteiger partial charge in [0.15, 0.2) is 0 Å². The molecule has 0 aliphatic heterocycles. The molecule has 0 aromatic carbocycles. The Morgan fingerprint density at radius 3 is 2.57 bits per heavy atom. The zero-order chi connectivity index (χ0) is 15.7. The molecule has 1 heterocycles. The smallest absolute Gasteiger partial charge is 0.311 e. The van der Waals surface area contributed by atoms with Gasteiger partial charge in [-0.2, -0.15) is 0 Å². The van der Waals surface area contributed by atoms with Crippen molar-refractivity contribution in [3.63, 3.8) is 0 Å². The number of pyridine rings is 1. The molecule has 1 saturated carbocycles. The van der Waals surface area contributed by atoms with Crippen molar-refractivity contribution in [3.05, 3.63) is 27.9 Å². The van der Waals surface area contributed by atoms with Crippen LogP contribution in [0.4, 0.5) is 11.5 Å². The van der Waals surface area contributed by atoms with Gasteiger partial charge in [-0.3, -0.25) is 10.1 Å². The maximum Gasteiger partial charge on any atom is 0.311 e. The Morgan fingerprint density at radius 1 is 1.38 bits per heavy atom. The molecule has 0 radical (unpaired) electrons. The van der Waals surface area contributed by atoms with Gasteiger partial charge in [0.25, 0.3) is 0 Å². The minimum atomic E-state index is -0.810. The number of nitro groups is 1. The third-order valence-electron chi connectivity index (χ3n) is 4.32. The zero-order valence-corrected chi connectivity index (χ0v) is 12.8. The van der Waals surface area contributed by atoms with E-state index in [1.807, 2.05) is 0 Å². The van der Waals surface area contributed by atoms with Gasteiger partial charge in [-0.15, -0.1) is 0 Å². The Bertz CT molecular complexity index is 533. The Balaban J connectivity index is 2.05. The van der Waals surface area contributed by atoms with Crippen LogP contribution in [-0.2, 0) is 0 Å². The standard InChI is InChI=1S/C15H23N3O3/c1-11-8-12(18(20)21)13(16-9-11)17-10-15(19)6-4-14(2,3)5-7-15/h8-9,19H,4-7,10H2,1-3H3,(H,16,17). The topological polar surface area (TPSA) is 88.3 Å². The molecule has 0 unspecified atom stereocenters. The van der Waals surface area contributed by atoms with E-state index in [2.05, 4.69) is 24.1 Å². The molecule has 0 amide bonds. The first-order valence-corrected chi connectivity index (χ1v) is 7.28. The third kappa shape index (κ3) is 3.91. The fourth-order valence-electron chi connectivity index (χ4n) is 2.65. The summed E-state index contributed by atoms with van der Waals surface area (Å²) in [7, 11) is 0. The summed E-state index contributed by atoms with van der Waals surface area (Å²) in [6.45, 7) is 6.46. The molecule has 21 heavy (non-hydrogen) atoms. The number of nitrogens with zero attached hydrogens (tertiary/aromatic N) is 2. The lowest BCUT2D eigenvalue weighted by molar-refractivity contribution is -0.384. The second-order valence-corrected chi connectivity index (χ2v) is 6.88. The molecule has 1 aromatic rings. The minimum Gasteiger partial charge on any atom is -0.388 e. The molecule has 2 N–H and O–H groups in total. The zero-order valence-electron chi connectivity index (χ0n) is 12.8. The van der Waals surface area contributed by atoms with Gasteiger partial charge in [-0.05, 0) is 43.6 Å². The largest absolute Gasteiger partial charge is 0.388 e. The van der Waals surface area contributed by atoms with Crippen molar-refractivity contribution in [2.45, 2.75) is 52.1 Å². The summed E-state index contributed by atoms with van der Waals surface area (Å²) in [5.41, 5.74) is 0.149. The predicted molar refractivity (Wildman–Crippen MR) is 81.3 cm³/mol. The van der Waals surface area contributed by atoms with Gasteiger partial charge in [-0.25, -0.2) is 4.98 Å². The maximum absolute atomic E-state index is 11.1. The summed E-state index contributed by atoms with van der Waals surface area (Å²) in [4.78, 5) is 14.7. The normalized spacial score (nSPS) is 20.0. The molecule has 0 atom stereocenters. The second-order valence-electron chi connectivity index (χ2n) is 6.88. The van der Waals surface area contributed by atoms with Gasteiger partial charge < -0.3 is 10.4 Å². The van der Waals surface area contributed by atoms with Crippen LogP contribution >= 0.6 is 0 Å². The number of rotatable bonds is 4. The Kier molecular flexibility index (Phi) is 4.18. The average Bonchev–Trinajstić information content (AvgIpc) is 2.41. The van der Waals surface area contributed by atoms with Crippen LogP contribution in [0, 0.1) is 22.5 Å². The first-order chi connectivity index (χ1) is 9.71. The van der Waals surface area contributed by atoms with Gasteiger partial charge in [0.2, 0.25) is 5.82 Å². The lowest BCUT2D eigenvalue weighted by atomic mass is 9.71. The van der Waals surface area contributed by atoms with E-state index in [4.69, 9.17) is 0 Å². The number of aryl methyl sites for hydroxylation is 1. The lowest BCUT2D eigenvalue weighted by Crippen LogP contribution is -2.42. The number of aliphatic hydroxyl groups is 1. The first kappa shape index (κ1) is 15.7. The van der Waals surface area contributed by atoms with Crippen LogP contribution in [0.3, 0.4) is 0 Å². The van der Waals surface area contributed by atoms with Crippen molar-refractivity contribution in [1.29, 1.82) is 0 Å². The molecule has 1 fully saturated rings. The Labute approximate surface area is 124 Å². The highest BCUT2D eigenvalue weighted by Crippen LogP contribution is 2.40.